The number of hydrogen-bond donors (Lipinski definition) is 2. The van der Waals surface area contributed by atoms with E-state index in [2.05, 4.69) is 0 Å². The van der Waals surface area contributed by atoms with Gasteiger partial charge in [0.1, 0.15) is 9.85 Å². The van der Waals surface area contributed by atoms with Crippen LogP contribution in [0.15, 0.2) is 24.3 Å². The number of rotatable bonds is 3. The van der Waals surface area contributed by atoms with Gasteiger partial charge < -0.3 is 5.73 Å². The third-order valence-electron chi connectivity index (χ3n) is 1.83. The van der Waals surface area contributed by atoms with Crippen LogP contribution >= 0.6 is 0 Å². The van der Waals surface area contributed by atoms with E-state index < -0.39 is 21.3 Å². The smallest absolute Gasteiger partial charge is 0.398 e. The minimum atomic E-state index is -3.40. The monoisotopic (exact) mass is 213 g/mol. The minimum Gasteiger partial charge on any atom is -0.398 e. The van der Waals surface area contributed by atoms with Gasteiger partial charge in [0.15, 0.2) is 5.56 Å². The van der Waals surface area contributed by atoms with Crippen LogP contribution in [0.3, 0.4) is 0 Å². The topological polar surface area (TPSA) is 133 Å². The van der Waals surface area contributed by atoms with Crippen LogP contribution in [0, 0.1) is 20.2 Å². The van der Waals surface area contributed by atoms with Gasteiger partial charge in [-0.25, -0.2) is 0 Å². The summed E-state index contributed by atoms with van der Waals surface area (Å²) < 4.78 is 0. The second-order valence-corrected chi connectivity index (χ2v) is 2.74. The van der Waals surface area contributed by atoms with Crippen molar-refractivity contribution >= 4 is 5.69 Å². The molecule has 0 radical (unpaired) electrons. The molecule has 15 heavy (non-hydrogen) atoms. The van der Waals surface area contributed by atoms with E-state index in [-0.39, 0.29) is 5.69 Å². The van der Waals surface area contributed by atoms with E-state index in [9.17, 15) is 25.3 Å². The van der Waals surface area contributed by atoms with Crippen LogP contribution in [-0.4, -0.2) is 15.0 Å². The highest BCUT2D eigenvalue weighted by molar-refractivity contribution is 5.47. The third kappa shape index (κ3) is 1.57. The number of aliphatic hydroxyl groups is 1. The van der Waals surface area contributed by atoms with Crippen molar-refractivity contribution in [3.63, 3.8) is 0 Å². The molecule has 0 aromatic heterocycles. The Labute approximate surface area is 83.2 Å². The summed E-state index contributed by atoms with van der Waals surface area (Å²) in [4.78, 5) is 18.1. The summed E-state index contributed by atoms with van der Waals surface area (Å²) >= 11 is 0. The lowest BCUT2D eigenvalue weighted by atomic mass is 10.1. The fourth-order valence-electron chi connectivity index (χ4n) is 1.07. The van der Waals surface area contributed by atoms with Crippen molar-refractivity contribution in [2.75, 3.05) is 5.73 Å². The van der Waals surface area contributed by atoms with Gasteiger partial charge in [-0.2, -0.15) is 0 Å². The van der Waals surface area contributed by atoms with Crippen LogP contribution in [0.5, 0.6) is 0 Å². The van der Waals surface area contributed by atoms with Crippen LogP contribution in [0.4, 0.5) is 5.69 Å². The van der Waals surface area contributed by atoms with E-state index in [4.69, 9.17) is 5.73 Å². The number of para-hydroxylation sites is 1. The van der Waals surface area contributed by atoms with Gasteiger partial charge in [0.25, 0.3) is 0 Å². The van der Waals surface area contributed by atoms with Crippen LogP contribution in [-0.2, 0) is 5.85 Å². The Morgan fingerprint density at radius 1 is 1.20 bits per heavy atom. The quantitative estimate of drug-likeness (QED) is 0.312. The van der Waals surface area contributed by atoms with Gasteiger partial charge in [-0.05, 0) is 12.1 Å². The van der Waals surface area contributed by atoms with Crippen LogP contribution in [0.2, 0.25) is 0 Å². The Balaban J connectivity index is 3.41. The van der Waals surface area contributed by atoms with E-state index in [0.29, 0.717) is 0 Å². The molecule has 0 spiro atoms. The number of benzene rings is 1. The molecule has 80 valence electrons. The maximum atomic E-state index is 10.5. The first-order chi connectivity index (χ1) is 6.90. The molecular weight excluding hydrogens is 206 g/mol. The number of nitrogens with zero attached hydrogens (tertiary/aromatic N) is 2. The van der Waals surface area contributed by atoms with Crippen molar-refractivity contribution in [3.05, 3.63) is 50.1 Å². The second-order valence-electron chi connectivity index (χ2n) is 2.74. The zero-order valence-electron chi connectivity index (χ0n) is 7.36. The molecule has 8 nitrogen and oxygen atoms in total. The highest BCUT2D eigenvalue weighted by Crippen LogP contribution is 2.27. The predicted octanol–water partition coefficient (Wildman–Crippen LogP) is -0.0752. The van der Waals surface area contributed by atoms with Crippen molar-refractivity contribution in [1.29, 1.82) is 0 Å². The van der Waals surface area contributed by atoms with Gasteiger partial charge in [0, 0.05) is 0 Å². The van der Waals surface area contributed by atoms with Crippen molar-refractivity contribution in [2.45, 2.75) is 5.85 Å². The maximum absolute atomic E-state index is 10.5. The molecule has 0 aliphatic rings. The van der Waals surface area contributed by atoms with Crippen molar-refractivity contribution in [3.8, 4) is 0 Å². The first-order valence-electron chi connectivity index (χ1n) is 3.77. The first kappa shape index (κ1) is 10.9. The highest BCUT2D eigenvalue weighted by Gasteiger charge is 2.58. The average molecular weight is 213 g/mol. The van der Waals surface area contributed by atoms with Gasteiger partial charge in [-0.3, -0.25) is 25.3 Å². The van der Waals surface area contributed by atoms with Gasteiger partial charge in [-0.1, -0.05) is 12.1 Å². The molecule has 0 fully saturated rings. The maximum Gasteiger partial charge on any atom is 0.606 e. The summed E-state index contributed by atoms with van der Waals surface area (Å²) in [5.41, 5.74) is 4.54. The van der Waals surface area contributed by atoms with E-state index in [1.54, 1.807) is 0 Å². The normalized spacial score (nSPS) is 11.0. The summed E-state index contributed by atoms with van der Waals surface area (Å²) in [6.45, 7) is 0. The van der Waals surface area contributed by atoms with Crippen molar-refractivity contribution in [2.24, 2.45) is 0 Å². The molecule has 0 saturated heterocycles. The fourth-order valence-corrected chi connectivity index (χ4v) is 1.07. The number of nitrogens with two attached hydrogens (primary N) is 1. The average Bonchev–Trinajstić information content (AvgIpc) is 2.16. The third-order valence-corrected chi connectivity index (χ3v) is 1.83. The Kier molecular flexibility index (Phi) is 2.53. The molecule has 0 aliphatic heterocycles. The molecule has 0 atom stereocenters. The zero-order valence-corrected chi connectivity index (χ0v) is 7.36. The standard InChI is InChI=1S/C7H7N3O5/c8-6-4-2-1-3-5(6)7(11,9(12)13)10(14)15/h1-4,11H,8H2. The minimum absolute atomic E-state index is 0.214. The van der Waals surface area contributed by atoms with Gasteiger partial charge in [0.05, 0.1) is 5.69 Å². The van der Waals surface area contributed by atoms with Crippen molar-refractivity contribution < 1.29 is 15.0 Å². The number of nitrogen functional groups attached to an aromatic ring is 1. The summed E-state index contributed by atoms with van der Waals surface area (Å²) in [6.07, 6.45) is 0. The molecule has 1 aromatic rings. The molecule has 1 aromatic carbocycles. The summed E-state index contributed by atoms with van der Waals surface area (Å²) in [7, 11) is 0. The largest absolute Gasteiger partial charge is 0.606 e. The number of hydrogen-bond acceptors (Lipinski definition) is 6. The predicted molar refractivity (Wildman–Crippen MR) is 48.7 cm³/mol. The summed E-state index contributed by atoms with van der Waals surface area (Å²) in [5, 5.41) is 30.3. The Morgan fingerprint density at radius 3 is 2.07 bits per heavy atom. The molecule has 0 heterocycles. The molecule has 8 heteroatoms. The molecule has 0 unspecified atom stereocenters. The van der Waals surface area contributed by atoms with Crippen LogP contribution in [0.25, 0.3) is 0 Å². The lowest BCUT2D eigenvalue weighted by molar-refractivity contribution is -0.862. The van der Waals surface area contributed by atoms with Crippen molar-refractivity contribution in [1.82, 2.24) is 0 Å². The molecule has 1 rings (SSSR count). The number of nitro groups is 2. The molecular formula is C7H7N3O5. The van der Waals surface area contributed by atoms with Gasteiger partial charge in [0.2, 0.25) is 0 Å². The van der Waals surface area contributed by atoms with Gasteiger partial charge in [-0.15, -0.1) is 0 Å². The second kappa shape index (κ2) is 3.50. The highest BCUT2D eigenvalue weighted by atomic mass is 16.7. The summed E-state index contributed by atoms with van der Waals surface area (Å²) in [5.74, 6) is -3.40. The Bertz CT molecular complexity index is 405. The molecule has 0 aliphatic carbocycles. The van der Waals surface area contributed by atoms with Gasteiger partial charge >= 0.3 is 5.85 Å². The zero-order chi connectivity index (χ0) is 11.6. The molecule has 3 N–H and O–H groups in total. The Hall–Kier alpha value is -2.22. The van der Waals surface area contributed by atoms with E-state index in [1.807, 2.05) is 0 Å². The SMILES string of the molecule is Nc1ccccc1C(O)([N+](=O)[O-])[N+](=O)[O-]. The van der Waals surface area contributed by atoms with E-state index >= 15 is 0 Å². The molecule has 0 bridgehead atoms. The molecule has 0 saturated carbocycles. The number of anilines is 1. The Morgan fingerprint density at radius 2 is 1.67 bits per heavy atom. The first-order valence-corrected chi connectivity index (χ1v) is 3.77. The van der Waals surface area contributed by atoms with Crippen LogP contribution in [0.1, 0.15) is 5.56 Å². The van der Waals surface area contributed by atoms with E-state index in [1.165, 1.54) is 18.2 Å². The fraction of sp³-hybridized carbons (Fsp3) is 0.143. The van der Waals surface area contributed by atoms with Crippen LogP contribution < -0.4 is 5.73 Å². The van der Waals surface area contributed by atoms with E-state index in [0.717, 1.165) is 6.07 Å². The summed E-state index contributed by atoms with van der Waals surface area (Å²) in [6, 6.07) is 5.01. The lowest BCUT2D eigenvalue weighted by Gasteiger charge is -2.11. The molecule has 0 amide bonds. The lowest BCUT2D eigenvalue weighted by Crippen LogP contribution is -2.43.